The number of aromatic nitrogens is 2. The van der Waals surface area contributed by atoms with Crippen molar-refractivity contribution in [3.63, 3.8) is 0 Å². The van der Waals surface area contributed by atoms with Crippen LogP contribution in [0.2, 0.25) is 0 Å². The number of hydrogen-bond acceptors (Lipinski definition) is 1. The van der Waals surface area contributed by atoms with Crippen LogP contribution in [0.3, 0.4) is 0 Å². The van der Waals surface area contributed by atoms with Gasteiger partial charge in [0.15, 0.2) is 5.82 Å². The number of hydrogen-bond donors (Lipinski definition) is 1. The van der Waals surface area contributed by atoms with Crippen molar-refractivity contribution in [1.29, 1.82) is 0 Å². The van der Waals surface area contributed by atoms with Crippen LogP contribution >= 0.6 is 22.6 Å². The summed E-state index contributed by atoms with van der Waals surface area (Å²) >= 11 is 1.83. The first-order chi connectivity index (χ1) is 3.30. The van der Waals surface area contributed by atoms with Gasteiger partial charge in [0, 0.05) is 0 Å². The lowest BCUT2D eigenvalue weighted by atomic mass is 10.7. The molecular formula is C3H2FIN2. The Morgan fingerprint density at radius 2 is 2.57 bits per heavy atom. The second-order valence-electron chi connectivity index (χ2n) is 1.03. The van der Waals surface area contributed by atoms with Gasteiger partial charge in [0.2, 0.25) is 0 Å². The Kier molecular flexibility index (Phi) is 1.27. The van der Waals surface area contributed by atoms with Gasteiger partial charge in [-0.3, -0.25) is 5.10 Å². The highest BCUT2D eigenvalue weighted by Gasteiger charge is 1.94. The third kappa shape index (κ3) is 0.902. The van der Waals surface area contributed by atoms with E-state index in [1.165, 1.54) is 0 Å². The smallest absolute Gasteiger partial charge is 0.174 e. The summed E-state index contributed by atoms with van der Waals surface area (Å²) in [6.07, 6.45) is 1.14. The van der Waals surface area contributed by atoms with Gasteiger partial charge in [-0.2, -0.15) is 5.10 Å². The van der Waals surface area contributed by atoms with E-state index >= 15 is 0 Å². The molecule has 1 aromatic heterocycles. The third-order valence-corrected chi connectivity index (χ3v) is 1.31. The maximum absolute atomic E-state index is 12.0. The van der Waals surface area contributed by atoms with Gasteiger partial charge in [-0.05, 0) is 22.6 Å². The molecule has 0 aromatic carbocycles. The summed E-state index contributed by atoms with van der Waals surface area (Å²) in [4.78, 5) is 0. The Bertz CT molecular complexity index is 145. The zero-order chi connectivity index (χ0) is 5.28. The van der Waals surface area contributed by atoms with Gasteiger partial charge >= 0.3 is 0 Å². The first-order valence-electron chi connectivity index (χ1n) is 1.65. The monoisotopic (exact) mass is 212 g/mol. The minimum absolute atomic E-state index is 0.291. The molecule has 0 aliphatic rings. The number of rotatable bonds is 0. The summed E-state index contributed by atoms with van der Waals surface area (Å²) in [5, 5.41) is 5.84. The fourth-order valence-corrected chi connectivity index (χ4v) is 0.534. The van der Waals surface area contributed by atoms with Crippen LogP contribution in [-0.4, -0.2) is 10.2 Å². The molecule has 0 radical (unpaired) electrons. The average Bonchev–Trinajstić information content (AvgIpc) is 1.91. The van der Waals surface area contributed by atoms with Crippen molar-refractivity contribution in [2.75, 3.05) is 0 Å². The molecule has 1 rings (SSSR count). The minimum atomic E-state index is -0.291. The Morgan fingerprint density at radius 3 is 2.71 bits per heavy atom. The average molecular weight is 212 g/mol. The Balaban J connectivity index is 3.12. The van der Waals surface area contributed by atoms with Crippen LogP contribution < -0.4 is 0 Å². The highest BCUT2D eigenvalue weighted by molar-refractivity contribution is 14.1. The van der Waals surface area contributed by atoms with E-state index in [9.17, 15) is 4.39 Å². The molecule has 0 unspecified atom stereocenters. The molecule has 4 heteroatoms. The maximum Gasteiger partial charge on any atom is 0.174 e. The summed E-state index contributed by atoms with van der Waals surface area (Å²) in [7, 11) is 0. The Morgan fingerprint density at radius 1 is 1.86 bits per heavy atom. The second kappa shape index (κ2) is 1.77. The second-order valence-corrected chi connectivity index (χ2v) is 2.11. The van der Waals surface area contributed by atoms with Gasteiger partial charge in [0.25, 0.3) is 0 Å². The van der Waals surface area contributed by atoms with Crippen molar-refractivity contribution in [1.82, 2.24) is 10.2 Å². The minimum Gasteiger partial charge on any atom is -0.269 e. The maximum atomic E-state index is 12.0. The first-order valence-corrected chi connectivity index (χ1v) is 2.73. The summed E-state index contributed by atoms with van der Waals surface area (Å²) < 4.78 is 12.4. The van der Waals surface area contributed by atoms with Crippen LogP contribution in [0, 0.1) is 9.52 Å². The van der Waals surface area contributed by atoms with Crippen molar-refractivity contribution >= 4 is 22.6 Å². The lowest BCUT2D eigenvalue weighted by molar-refractivity contribution is 0.621. The quantitative estimate of drug-likeness (QED) is 0.642. The van der Waals surface area contributed by atoms with Crippen molar-refractivity contribution in [2.24, 2.45) is 0 Å². The molecular weight excluding hydrogens is 210 g/mol. The molecule has 0 saturated heterocycles. The van der Waals surface area contributed by atoms with Gasteiger partial charge in [0.1, 0.15) is 3.70 Å². The molecule has 0 aliphatic carbocycles. The number of aromatic amines is 1. The van der Waals surface area contributed by atoms with Crippen molar-refractivity contribution in [3.8, 4) is 0 Å². The van der Waals surface area contributed by atoms with Gasteiger partial charge in [-0.15, -0.1) is 0 Å². The van der Waals surface area contributed by atoms with E-state index in [-0.39, 0.29) is 5.82 Å². The zero-order valence-electron chi connectivity index (χ0n) is 3.28. The van der Waals surface area contributed by atoms with E-state index in [0.29, 0.717) is 3.70 Å². The van der Waals surface area contributed by atoms with E-state index in [0.717, 1.165) is 6.20 Å². The molecule has 0 aliphatic heterocycles. The summed E-state index contributed by atoms with van der Waals surface area (Å²) in [5.74, 6) is -0.291. The summed E-state index contributed by atoms with van der Waals surface area (Å²) in [6, 6.07) is 0. The fourth-order valence-electron chi connectivity index (χ4n) is 0.256. The zero-order valence-corrected chi connectivity index (χ0v) is 5.44. The van der Waals surface area contributed by atoms with Crippen LogP contribution in [0.1, 0.15) is 0 Å². The molecule has 0 spiro atoms. The van der Waals surface area contributed by atoms with E-state index in [2.05, 4.69) is 10.2 Å². The van der Waals surface area contributed by atoms with Crippen molar-refractivity contribution < 1.29 is 4.39 Å². The lowest BCUT2D eigenvalue weighted by Gasteiger charge is -1.72. The molecule has 38 valence electrons. The van der Waals surface area contributed by atoms with Gasteiger partial charge < -0.3 is 0 Å². The van der Waals surface area contributed by atoms with Gasteiger partial charge in [-0.25, -0.2) is 4.39 Å². The third-order valence-electron chi connectivity index (χ3n) is 0.550. The molecule has 1 heterocycles. The number of nitrogens with zero attached hydrogens (tertiary/aromatic N) is 1. The van der Waals surface area contributed by atoms with Crippen LogP contribution in [0.25, 0.3) is 0 Å². The van der Waals surface area contributed by atoms with Gasteiger partial charge in [0.05, 0.1) is 6.20 Å². The largest absolute Gasteiger partial charge is 0.269 e. The highest BCUT2D eigenvalue weighted by Crippen LogP contribution is 2.02. The standard InChI is InChI=1S/C3H2FIN2/c4-2-1-6-7-3(2)5/h1H,(H,6,7). The Hall–Kier alpha value is -0.130. The molecule has 2 nitrogen and oxygen atoms in total. The molecule has 0 atom stereocenters. The van der Waals surface area contributed by atoms with Crippen LogP contribution in [0.15, 0.2) is 6.20 Å². The van der Waals surface area contributed by atoms with Crippen LogP contribution in [-0.2, 0) is 0 Å². The van der Waals surface area contributed by atoms with E-state index in [1.807, 2.05) is 22.6 Å². The predicted octanol–water partition coefficient (Wildman–Crippen LogP) is 1.15. The van der Waals surface area contributed by atoms with E-state index in [4.69, 9.17) is 0 Å². The predicted molar refractivity (Wildman–Crippen MR) is 31.3 cm³/mol. The number of halogens is 2. The summed E-state index contributed by atoms with van der Waals surface area (Å²) in [6.45, 7) is 0. The van der Waals surface area contributed by atoms with E-state index < -0.39 is 0 Å². The lowest BCUT2D eigenvalue weighted by Crippen LogP contribution is -1.70. The highest BCUT2D eigenvalue weighted by atomic mass is 127. The SMILES string of the molecule is Fc1cn[nH]c1I. The number of H-pyrrole nitrogens is 1. The van der Waals surface area contributed by atoms with Crippen LogP contribution in [0.4, 0.5) is 4.39 Å². The molecule has 0 fully saturated rings. The first kappa shape index (κ1) is 5.02. The molecule has 0 bridgehead atoms. The molecule has 0 saturated carbocycles. The fraction of sp³-hybridized carbons (Fsp3) is 0. The number of nitrogens with one attached hydrogen (secondary N) is 1. The Labute approximate surface area is 53.3 Å². The van der Waals surface area contributed by atoms with Gasteiger partial charge in [-0.1, -0.05) is 0 Å². The molecule has 7 heavy (non-hydrogen) atoms. The molecule has 1 N–H and O–H groups in total. The van der Waals surface area contributed by atoms with E-state index in [1.54, 1.807) is 0 Å². The summed E-state index contributed by atoms with van der Waals surface area (Å²) in [5.41, 5.74) is 0. The van der Waals surface area contributed by atoms with Crippen molar-refractivity contribution in [2.45, 2.75) is 0 Å². The topological polar surface area (TPSA) is 28.7 Å². The normalized spacial score (nSPS) is 9.43. The molecule has 0 amide bonds. The van der Waals surface area contributed by atoms with Crippen LogP contribution in [0.5, 0.6) is 0 Å². The van der Waals surface area contributed by atoms with Crippen molar-refractivity contribution in [3.05, 3.63) is 15.7 Å². The molecule has 1 aromatic rings.